The van der Waals surface area contributed by atoms with Crippen molar-refractivity contribution in [2.45, 2.75) is 31.7 Å². The summed E-state index contributed by atoms with van der Waals surface area (Å²) >= 11 is 0. The van der Waals surface area contributed by atoms with Gasteiger partial charge in [0, 0.05) is 24.7 Å². The lowest BCUT2D eigenvalue weighted by atomic mass is 10.1. The summed E-state index contributed by atoms with van der Waals surface area (Å²) in [6.45, 7) is 0.438. The molecule has 0 aliphatic heterocycles. The molecule has 3 N–H and O–H groups in total. The zero-order valence-corrected chi connectivity index (χ0v) is 18.6. The molecular formula is C25H21N7O3. The Hall–Kier alpha value is -4.78. The summed E-state index contributed by atoms with van der Waals surface area (Å²) in [5.74, 6) is 0.286. The molecule has 10 heteroatoms. The molecule has 0 spiro atoms. The fourth-order valence-electron chi connectivity index (χ4n) is 4.01. The highest BCUT2D eigenvalue weighted by Gasteiger charge is 2.28. The largest absolute Gasteiger partial charge is 0.464 e. The Morgan fingerprint density at radius 1 is 1.14 bits per heavy atom. The van der Waals surface area contributed by atoms with Gasteiger partial charge < -0.3 is 15.4 Å². The van der Waals surface area contributed by atoms with E-state index in [1.807, 2.05) is 34.9 Å². The lowest BCUT2D eigenvalue weighted by molar-refractivity contribution is -0.118. The van der Waals surface area contributed by atoms with E-state index in [2.05, 4.69) is 15.0 Å². The van der Waals surface area contributed by atoms with Crippen LogP contribution in [0.4, 0.5) is 16.4 Å². The number of rotatable bonds is 7. The van der Waals surface area contributed by atoms with Gasteiger partial charge in [-0.2, -0.15) is 5.26 Å². The van der Waals surface area contributed by atoms with Crippen molar-refractivity contribution in [2.24, 2.45) is 5.73 Å². The van der Waals surface area contributed by atoms with E-state index >= 15 is 0 Å². The van der Waals surface area contributed by atoms with Gasteiger partial charge in [-0.1, -0.05) is 6.07 Å². The van der Waals surface area contributed by atoms with Crippen LogP contribution in [0.25, 0.3) is 22.3 Å². The number of aromatic nitrogens is 4. The minimum Gasteiger partial charge on any atom is -0.464 e. The van der Waals surface area contributed by atoms with Gasteiger partial charge in [-0.25, -0.2) is 24.6 Å². The molecule has 4 aromatic rings. The number of pyridine rings is 2. The molecule has 0 radical (unpaired) electrons. The molecule has 3 aromatic heterocycles. The summed E-state index contributed by atoms with van der Waals surface area (Å²) in [7, 11) is 0. The first-order valence-electron chi connectivity index (χ1n) is 11.1. The number of imidazole rings is 1. The molecule has 174 valence electrons. The Morgan fingerprint density at radius 2 is 1.97 bits per heavy atom. The number of fused-ring (bicyclic) bond motifs is 1. The zero-order valence-electron chi connectivity index (χ0n) is 18.6. The van der Waals surface area contributed by atoms with E-state index in [4.69, 9.17) is 5.73 Å². The van der Waals surface area contributed by atoms with Crippen LogP contribution in [0.5, 0.6) is 0 Å². The highest BCUT2D eigenvalue weighted by atomic mass is 16.4. The third-order valence-electron chi connectivity index (χ3n) is 5.92. The van der Waals surface area contributed by atoms with Crippen LogP contribution >= 0.6 is 0 Å². The van der Waals surface area contributed by atoms with Gasteiger partial charge in [0.05, 0.1) is 34.7 Å². The van der Waals surface area contributed by atoms with Crippen molar-refractivity contribution in [3.05, 3.63) is 66.1 Å². The quantitative estimate of drug-likeness (QED) is 0.418. The van der Waals surface area contributed by atoms with Crippen LogP contribution in [0.3, 0.4) is 0 Å². The molecule has 1 aliphatic rings. The van der Waals surface area contributed by atoms with Crippen LogP contribution in [0, 0.1) is 11.3 Å². The van der Waals surface area contributed by atoms with E-state index < -0.39 is 6.09 Å². The molecule has 0 atom stereocenters. The number of primary amides is 1. The molecular weight excluding hydrogens is 446 g/mol. The first kappa shape index (κ1) is 22.0. The number of nitriles is 1. The van der Waals surface area contributed by atoms with Crippen molar-refractivity contribution in [1.82, 2.24) is 19.5 Å². The fourth-order valence-corrected chi connectivity index (χ4v) is 4.01. The van der Waals surface area contributed by atoms with Crippen molar-refractivity contribution in [3.8, 4) is 17.3 Å². The second-order valence-electron chi connectivity index (χ2n) is 8.41. The SMILES string of the molecule is N#Cc1ccnc(N(C(=O)O)c2cc(C3CC3)cc(-c3ccc4c(c3)ncn4CCC(N)=O)n2)c1. The van der Waals surface area contributed by atoms with E-state index in [0.717, 1.165) is 39.9 Å². The Kier molecular flexibility index (Phi) is 5.58. The predicted molar refractivity (Wildman–Crippen MR) is 128 cm³/mol. The molecule has 2 amide bonds. The van der Waals surface area contributed by atoms with Gasteiger partial charge in [0.1, 0.15) is 11.6 Å². The molecule has 3 heterocycles. The number of benzene rings is 1. The molecule has 5 rings (SSSR count). The number of aryl methyl sites for hydroxylation is 1. The van der Waals surface area contributed by atoms with Gasteiger partial charge in [0.2, 0.25) is 5.91 Å². The van der Waals surface area contributed by atoms with E-state index in [1.54, 1.807) is 12.4 Å². The molecule has 0 bridgehead atoms. The van der Waals surface area contributed by atoms with Gasteiger partial charge in [-0.3, -0.25) is 4.79 Å². The topological polar surface area (TPSA) is 151 Å². The zero-order chi connectivity index (χ0) is 24.5. The number of amides is 2. The number of carbonyl (C=O) groups excluding carboxylic acids is 1. The number of nitrogens with zero attached hydrogens (tertiary/aromatic N) is 6. The Morgan fingerprint density at radius 3 is 2.69 bits per heavy atom. The summed E-state index contributed by atoms with van der Waals surface area (Å²) in [5.41, 5.74) is 9.55. The maximum atomic E-state index is 12.2. The standard InChI is InChI=1S/C25H21N7O3/c26-13-15-5-7-28-23(9-15)32(25(34)35)24-12-18(16-1-2-16)11-19(30-24)17-3-4-21-20(10-17)29-14-31(21)8-6-22(27)33/h3-5,7,9-12,14,16H,1-2,6,8H2,(H2,27,33)(H,34,35). The van der Waals surface area contributed by atoms with Crippen LogP contribution in [-0.4, -0.2) is 36.6 Å². The molecule has 1 aromatic carbocycles. The Labute approximate surface area is 200 Å². The Bertz CT molecular complexity index is 1500. The molecule has 1 saturated carbocycles. The first-order chi connectivity index (χ1) is 16.9. The van der Waals surface area contributed by atoms with Crippen molar-refractivity contribution in [1.29, 1.82) is 5.26 Å². The minimum atomic E-state index is -1.25. The number of carboxylic acid groups (broad SMARTS) is 1. The van der Waals surface area contributed by atoms with Crippen LogP contribution in [-0.2, 0) is 11.3 Å². The van der Waals surface area contributed by atoms with Gasteiger partial charge in [-0.15, -0.1) is 0 Å². The predicted octanol–water partition coefficient (Wildman–Crippen LogP) is 3.93. The van der Waals surface area contributed by atoms with E-state index in [-0.39, 0.29) is 24.0 Å². The maximum Gasteiger partial charge on any atom is 0.418 e. The fraction of sp³-hybridized carbons (Fsp3) is 0.200. The first-order valence-corrected chi connectivity index (χ1v) is 11.1. The second-order valence-corrected chi connectivity index (χ2v) is 8.41. The summed E-state index contributed by atoms with van der Waals surface area (Å²) in [6, 6.07) is 14.4. The molecule has 10 nitrogen and oxygen atoms in total. The van der Waals surface area contributed by atoms with Crippen LogP contribution in [0.2, 0.25) is 0 Å². The summed E-state index contributed by atoms with van der Waals surface area (Å²) in [5, 5.41) is 19.2. The lowest BCUT2D eigenvalue weighted by Crippen LogP contribution is -2.26. The number of nitrogens with two attached hydrogens (primary N) is 1. The number of hydrogen-bond donors (Lipinski definition) is 2. The van der Waals surface area contributed by atoms with Gasteiger partial charge in [0.25, 0.3) is 0 Å². The van der Waals surface area contributed by atoms with Crippen molar-refractivity contribution in [2.75, 3.05) is 4.90 Å². The number of anilines is 2. The maximum absolute atomic E-state index is 12.2. The summed E-state index contributed by atoms with van der Waals surface area (Å²) in [6.07, 6.45) is 4.09. The highest BCUT2D eigenvalue weighted by molar-refractivity contribution is 5.93. The van der Waals surface area contributed by atoms with Gasteiger partial charge >= 0.3 is 6.09 Å². The number of carbonyl (C=O) groups is 2. The minimum absolute atomic E-state index is 0.103. The van der Waals surface area contributed by atoms with Crippen molar-refractivity contribution < 1.29 is 14.7 Å². The van der Waals surface area contributed by atoms with Gasteiger partial charge in [-0.05, 0) is 60.7 Å². The van der Waals surface area contributed by atoms with Crippen LogP contribution in [0.1, 0.15) is 36.3 Å². The molecule has 0 unspecified atom stereocenters. The molecule has 35 heavy (non-hydrogen) atoms. The third-order valence-corrected chi connectivity index (χ3v) is 5.92. The van der Waals surface area contributed by atoms with Crippen molar-refractivity contribution in [3.63, 3.8) is 0 Å². The molecule has 0 saturated heterocycles. The van der Waals surface area contributed by atoms with E-state index in [1.165, 1.54) is 18.3 Å². The smallest absolute Gasteiger partial charge is 0.418 e. The van der Waals surface area contributed by atoms with Crippen molar-refractivity contribution >= 4 is 34.7 Å². The molecule has 1 aliphatic carbocycles. The average Bonchev–Trinajstić information content (AvgIpc) is 3.63. The number of hydrogen-bond acceptors (Lipinski definition) is 6. The van der Waals surface area contributed by atoms with Crippen LogP contribution in [0.15, 0.2) is 55.0 Å². The normalized spacial score (nSPS) is 12.9. The lowest BCUT2D eigenvalue weighted by Gasteiger charge is -2.19. The van der Waals surface area contributed by atoms with E-state index in [0.29, 0.717) is 23.7 Å². The highest BCUT2D eigenvalue weighted by Crippen LogP contribution is 2.42. The Balaban J connectivity index is 1.58. The third kappa shape index (κ3) is 4.52. The second kappa shape index (κ2) is 8.87. The van der Waals surface area contributed by atoms with E-state index in [9.17, 15) is 20.0 Å². The monoisotopic (exact) mass is 467 g/mol. The van der Waals surface area contributed by atoms with Gasteiger partial charge in [0.15, 0.2) is 0 Å². The van der Waals surface area contributed by atoms with Crippen LogP contribution < -0.4 is 10.6 Å². The molecule has 1 fully saturated rings. The summed E-state index contributed by atoms with van der Waals surface area (Å²) in [4.78, 5) is 37.7. The average molecular weight is 467 g/mol. The summed E-state index contributed by atoms with van der Waals surface area (Å²) < 4.78 is 1.86.